The monoisotopic (exact) mass is 1720 g/mol. The van der Waals surface area contributed by atoms with Gasteiger partial charge in [0.2, 0.25) is 21.8 Å². The summed E-state index contributed by atoms with van der Waals surface area (Å²) in [6.07, 6.45) is 13.0. The van der Waals surface area contributed by atoms with Crippen molar-refractivity contribution in [2.24, 2.45) is 54.7 Å². The number of thiophene rings is 2. The van der Waals surface area contributed by atoms with Gasteiger partial charge in [0.05, 0.1) is 70.8 Å². The average molecular weight is 1720 g/mol. The first-order chi connectivity index (χ1) is 59.9. The van der Waals surface area contributed by atoms with Crippen LogP contribution in [-0.4, -0.2) is 127 Å². The molecule has 8 aromatic carbocycles. The fraction of sp³-hybridized carbons (Fsp3) is 0.232. The molecule has 2 aliphatic carbocycles. The zero-order chi connectivity index (χ0) is 88.0. The van der Waals surface area contributed by atoms with Crippen molar-refractivity contribution in [3.05, 3.63) is 308 Å². The number of nitrogens with two attached hydrogens (primary N) is 4. The van der Waals surface area contributed by atoms with Gasteiger partial charge in [0.25, 0.3) is 11.8 Å². The van der Waals surface area contributed by atoms with E-state index in [0.29, 0.717) is 44.6 Å². The van der Waals surface area contributed by atoms with Crippen molar-refractivity contribution in [1.82, 2.24) is 44.1 Å². The van der Waals surface area contributed by atoms with Gasteiger partial charge in [0.1, 0.15) is 16.9 Å². The SMILES string of the molecule is CN1C(=O)C(C)(c2cccc(-c3cncc(F)c3)c2)N=C1N.CN1C(=O)[C@@H](c2ccc3nn(CC4CC4)cc3c2)[C@@](C)(c2cc(-c3cccc(C#N)c3)cs2)N=C1N.CN1C(=O)[C@H](c2ccc3nn(CC4CC4)cc3c2)[C@@](C)(c2cc(-c3cccc(C#N)c3)cs2)N=C1N.CS(=O)(=O)Nc1ccccc1CN1C(=O)C(c2ccccc2)(c2ccccc2)N=C1N. The average Bonchev–Trinajstić information content (AvgIpc) is 1.72. The van der Waals surface area contributed by atoms with Gasteiger partial charge >= 0.3 is 0 Å². The molecule has 0 radical (unpaired) electrons. The molecule has 9 N–H and O–H groups in total. The molecule has 0 spiro atoms. The number of anilines is 1. The molecule has 630 valence electrons. The normalized spacial score (nSPS) is 20.3. The third kappa shape index (κ3) is 17.0. The van der Waals surface area contributed by atoms with E-state index in [0.717, 1.165) is 108 Å². The van der Waals surface area contributed by atoms with Gasteiger partial charge in [-0.25, -0.2) is 32.8 Å². The summed E-state index contributed by atoms with van der Waals surface area (Å²) in [6.45, 7) is 7.65. The first-order valence-electron chi connectivity index (χ1n) is 40.5. The van der Waals surface area contributed by atoms with E-state index in [1.165, 1.54) is 51.3 Å². The fourth-order valence-electron chi connectivity index (χ4n) is 16.4. The number of likely N-dealkylation sites (N-methyl/N-ethyl adjacent to an activating group) is 3. The summed E-state index contributed by atoms with van der Waals surface area (Å²) >= 11 is 3.11. The molecule has 0 bridgehead atoms. The van der Waals surface area contributed by atoms with E-state index in [4.69, 9.17) is 43.1 Å². The van der Waals surface area contributed by atoms with Crippen LogP contribution in [0.25, 0.3) is 55.2 Å². The Kier molecular flexibility index (Phi) is 22.8. The van der Waals surface area contributed by atoms with Crippen LogP contribution in [0.1, 0.15) is 113 Å². The number of aromatic nitrogens is 5. The molecule has 4 aliphatic heterocycles. The van der Waals surface area contributed by atoms with Crippen LogP contribution in [0.2, 0.25) is 0 Å². The Balaban J connectivity index is 0.000000125. The number of fused-ring (bicyclic) bond motifs is 2. The van der Waals surface area contributed by atoms with Crippen LogP contribution >= 0.6 is 22.7 Å². The molecular weight excluding hydrogens is 1630 g/mol. The van der Waals surface area contributed by atoms with Crippen molar-refractivity contribution in [3.63, 3.8) is 0 Å². The Labute approximate surface area is 730 Å². The van der Waals surface area contributed by atoms with Gasteiger partial charge in [-0.1, -0.05) is 133 Å². The van der Waals surface area contributed by atoms with Crippen molar-refractivity contribution in [2.45, 2.75) is 100 Å². The summed E-state index contributed by atoms with van der Waals surface area (Å²) in [5, 5.41) is 34.2. The quantitative estimate of drug-likeness (QED) is 0.0533. The van der Waals surface area contributed by atoms with Gasteiger partial charge in [0.15, 0.2) is 34.9 Å². The number of pyridine rings is 1. The Morgan fingerprint density at radius 2 is 0.960 bits per heavy atom. The first kappa shape index (κ1) is 84.3. The van der Waals surface area contributed by atoms with Crippen LogP contribution < -0.4 is 27.7 Å². The van der Waals surface area contributed by atoms with E-state index in [9.17, 15) is 42.5 Å². The maximum absolute atomic E-state index is 13.8. The van der Waals surface area contributed by atoms with Crippen LogP contribution in [0.3, 0.4) is 0 Å². The molecule has 13 aromatic rings. The van der Waals surface area contributed by atoms with Crippen molar-refractivity contribution in [2.75, 3.05) is 32.1 Å². The van der Waals surface area contributed by atoms with Crippen molar-refractivity contribution in [3.8, 4) is 45.5 Å². The van der Waals surface area contributed by atoms with E-state index in [2.05, 4.69) is 68.5 Å². The summed E-state index contributed by atoms with van der Waals surface area (Å²) < 4.78 is 43.4. The number of nitrogens with zero attached hydrogens (tertiary/aromatic N) is 15. The Morgan fingerprint density at radius 1 is 0.496 bits per heavy atom. The molecule has 5 atom stereocenters. The van der Waals surface area contributed by atoms with Crippen molar-refractivity contribution >= 4 is 108 Å². The zero-order valence-corrected chi connectivity index (χ0v) is 71.9. The molecule has 30 heteroatoms. The number of nitrogens with one attached hydrogen (secondary N) is 1. The second-order valence-corrected chi connectivity index (χ2v) is 36.2. The van der Waals surface area contributed by atoms with Crippen LogP contribution in [0, 0.1) is 40.3 Å². The minimum atomic E-state index is -3.48. The lowest BCUT2D eigenvalue weighted by Crippen LogP contribution is -2.52. The maximum Gasteiger partial charge on any atom is 0.266 e. The van der Waals surface area contributed by atoms with Gasteiger partial charge in [0, 0.05) is 78.9 Å². The predicted octanol–water partition coefficient (Wildman–Crippen LogP) is 14.2. The standard InChI is InChI=1S/2C28H26N6OS.C23H22N4O3S.C16H15FN4O/c2*1-28(24-12-22(16-36-24)19-5-3-4-18(10-19)13-29)25(26(35)33(2)27(30)31-28)20-8-9-23-21(11-20)15-34(32-23)14-17-6-7-17;1-31(29,30)26-20-15-9-8-10-17(20)16-27-21(28)23(25-22(27)24,18-11-4-2-5-12-18)19-13-6-3-7-14-19;1-16(14(22)21(2)15(18)20-16)12-5-3-4-10(6-12)11-7-13(17)9-19-8-11/h2*3-5,8-12,15-17,25H,6-7,14H2,1-2H3,(H2,30,31);2-15,26H,16H2,1H3,(H2,24,25);3-9H,1-2H3,(H2,18,20)/t25-,28+;25-,28-;;/m01../s1. The largest absolute Gasteiger partial charge is 0.369 e. The molecule has 19 rings (SSSR count). The highest BCUT2D eigenvalue weighted by Crippen LogP contribution is 2.51. The maximum atomic E-state index is 13.8. The van der Waals surface area contributed by atoms with Gasteiger partial charge < -0.3 is 22.9 Å². The topological polar surface area (TPSA) is 377 Å². The number of benzene rings is 8. The molecule has 4 amide bonds. The summed E-state index contributed by atoms with van der Waals surface area (Å²) in [5.41, 5.74) is 33.6. The lowest BCUT2D eigenvalue weighted by Gasteiger charge is -2.40. The van der Waals surface area contributed by atoms with Crippen LogP contribution in [0.4, 0.5) is 10.1 Å². The highest BCUT2D eigenvalue weighted by atomic mass is 32.2. The lowest BCUT2D eigenvalue weighted by molar-refractivity contribution is -0.131. The molecule has 9 heterocycles. The predicted molar refractivity (Wildman–Crippen MR) is 485 cm³/mol. The minimum Gasteiger partial charge on any atom is -0.369 e. The summed E-state index contributed by atoms with van der Waals surface area (Å²) in [4.78, 5) is 83.7. The van der Waals surface area contributed by atoms with Crippen LogP contribution in [0.15, 0.2) is 268 Å². The smallest absolute Gasteiger partial charge is 0.266 e. The minimum absolute atomic E-state index is 0.0758. The number of amides is 4. The number of guanidine groups is 4. The molecule has 0 saturated heterocycles. The highest BCUT2D eigenvalue weighted by molar-refractivity contribution is 7.92. The second kappa shape index (κ2) is 33.8. The summed E-state index contributed by atoms with van der Waals surface area (Å²) in [5.74, 6) is -0.0128. The molecular formula is C95H89FN20O6S3. The number of carbonyl (C=O) groups is 4. The lowest BCUT2D eigenvalue weighted by atomic mass is 9.77. The van der Waals surface area contributed by atoms with Crippen LogP contribution in [-0.2, 0) is 71.0 Å². The second-order valence-electron chi connectivity index (χ2n) is 32.6. The molecule has 26 nitrogen and oxygen atoms in total. The summed E-state index contributed by atoms with van der Waals surface area (Å²) in [6, 6.07) is 69.8. The van der Waals surface area contributed by atoms with E-state index in [-0.39, 0.29) is 54.0 Å². The number of halogens is 1. The van der Waals surface area contributed by atoms with Gasteiger partial charge in [-0.15, -0.1) is 22.7 Å². The van der Waals surface area contributed by atoms with E-state index in [1.54, 1.807) is 99.4 Å². The third-order valence-electron chi connectivity index (χ3n) is 23.6. The molecule has 2 fully saturated rings. The van der Waals surface area contributed by atoms with Crippen molar-refractivity contribution in [1.29, 1.82) is 10.5 Å². The Morgan fingerprint density at radius 3 is 1.42 bits per heavy atom. The Hall–Kier alpha value is -14.3. The number of para-hydroxylation sites is 1. The van der Waals surface area contributed by atoms with E-state index < -0.39 is 49.8 Å². The number of hydrogen-bond acceptors (Lipinski definition) is 21. The highest BCUT2D eigenvalue weighted by Gasteiger charge is 2.53. The van der Waals surface area contributed by atoms with E-state index >= 15 is 0 Å². The number of carbonyl (C=O) groups excluding carboxylic acids is 4. The molecule has 125 heavy (non-hydrogen) atoms. The van der Waals surface area contributed by atoms with Crippen molar-refractivity contribution < 1.29 is 32.0 Å². The van der Waals surface area contributed by atoms with Gasteiger partial charge in [-0.2, -0.15) is 20.7 Å². The zero-order valence-electron chi connectivity index (χ0n) is 69.5. The Bertz CT molecular complexity index is 6480. The van der Waals surface area contributed by atoms with Crippen LogP contribution in [0.5, 0.6) is 0 Å². The fourth-order valence-corrected chi connectivity index (χ4v) is 19.1. The number of hydrogen-bond donors (Lipinski definition) is 5. The number of nitriles is 2. The number of sulfonamides is 1. The first-order valence-corrected chi connectivity index (χ1v) is 44.2. The van der Waals surface area contributed by atoms with Gasteiger partial charge in [-0.05, 0) is 209 Å². The molecule has 5 aromatic heterocycles. The van der Waals surface area contributed by atoms with Gasteiger partial charge in [-0.3, -0.25) is 57.8 Å². The number of rotatable bonds is 18. The molecule has 6 aliphatic rings. The number of aliphatic imine (C=N–C) groups is 4. The van der Waals surface area contributed by atoms with E-state index in [1.807, 2.05) is 173 Å². The molecule has 2 saturated carbocycles. The molecule has 1 unspecified atom stereocenters. The summed E-state index contributed by atoms with van der Waals surface area (Å²) in [7, 11) is 1.45. The third-order valence-corrected chi connectivity index (χ3v) is 26.5.